The minimum atomic E-state index is -0.766. The van der Waals surface area contributed by atoms with Gasteiger partial charge in [-0.2, -0.15) is 0 Å². The molecule has 1 aromatic rings. The van der Waals surface area contributed by atoms with Gasteiger partial charge in [0.1, 0.15) is 0 Å². The summed E-state index contributed by atoms with van der Waals surface area (Å²) in [5.41, 5.74) is 1.76. The summed E-state index contributed by atoms with van der Waals surface area (Å²) in [5.74, 6) is -1.17. The molecule has 19 heavy (non-hydrogen) atoms. The van der Waals surface area contributed by atoms with E-state index in [0.29, 0.717) is 12.8 Å². The molecule has 0 radical (unpaired) electrons. The first-order valence-electron chi connectivity index (χ1n) is 6.49. The number of nitrogens with zero attached hydrogens (tertiary/aromatic N) is 1. The molecule has 1 heterocycles. The van der Waals surface area contributed by atoms with Crippen molar-refractivity contribution in [1.82, 2.24) is 10.3 Å². The number of amides is 1. The van der Waals surface area contributed by atoms with Crippen molar-refractivity contribution in [2.75, 3.05) is 0 Å². The van der Waals surface area contributed by atoms with E-state index in [1.807, 2.05) is 19.1 Å². The molecule has 0 bridgehead atoms. The molecule has 0 saturated heterocycles. The Balaban J connectivity index is 1.86. The predicted octanol–water partition coefficient (Wildman–Crippen LogP) is 1.30. The monoisotopic (exact) mass is 262 g/mol. The number of carbonyl (C=O) groups is 2. The van der Waals surface area contributed by atoms with Crippen LogP contribution < -0.4 is 5.32 Å². The van der Waals surface area contributed by atoms with Crippen LogP contribution in [0.15, 0.2) is 18.3 Å². The second kappa shape index (κ2) is 5.82. The van der Waals surface area contributed by atoms with Crippen molar-refractivity contribution < 1.29 is 14.7 Å². The van der Waals surface area contributed by atoms with Crippen molar-refractivity contribution >= 4 is 11.9 Å². The molecular weight excluding hydrogens is 244 g/mol. The Bertz CT molecular complexity index is 487. The van der Waals surface area contributed by atoms with Gasteiger partial charge in [0, 0.05) is 12.2 Å². The number of nitrogens with one attached hydrogen (secondary N) is 1. The van der Waals surface area contributed by atoms with Gasteiger partial charge < -0.3 is 10.4 Å². The fraction of sp³-hybridized carbons (Fsp3) is 0.500. The lowest BCUT2D eigenvalue weighted by molar-refractivity contribution is -0.141. The van der Waals surface area contributed by atoms with E-state index >= 15 is 0 Å². The molecule has 0 unspecified atom stereocenters. The van der Waals surface area contributed by atoms with Crippen molar-refractivity contribution in [2.24, 2.45) is 5.92 Å². The number of carbonyl (C=O) groups excluding carboxylic acids is 1. The highest BCUT2D eigenvalue weighted by molar-refractivity contribution is 5.79. The van der Waals surface area contributed by atoms with E-state index in [-0.39, 0.29) is 24.3 Å². The van der Waals surface area contributed by atoms with Crippen LogP contribution in [0.3, 0.4) is 0 Å². The van der Waals surface area contributed by atoms with Crippen LogP contribution >= 0.6 is 0 Å². The van der Waals surface area contributed by atoms with Gasteiger partial charge in [-0.05, 0) is 37.8 Å². The van der Waals surface area contributed by atoms with Crippen LogP contribution in [-0.2, 0) is 16.0 Å². The number of carboxylic acids is 1. The molecule has 2 rings (SSSR count). The van der Waals surface area contributed by atoms with Crippen molar-refractivity contribution in [3.8, 4) is 0 Å². The SMILES string of the molecule is Cc1cccnc1CC(=O)N[C@H]1CC[C@@H](C(=O)O)C1. The van der Waals surface area contributed by atoms with Crippen LogP contribution in [-0.4, -0.2) is 28.0 Å². The Labute approximate surface area is 112 Å². The Morgan fingerprint density at radius 3 is 2.89 bits per heavy atom. The molecule has 5 nitrogen and oxygen atoms in total. The van der Waals surface area contributed by atoms with E-state index in [9.17, 15) is 9.59 Å². The maximum absolute atomic E-state index is 11.9. The third kappa shape index (κ3) is 3.53. The fourth-order valence-electron chi connectivity index (χ4n) is 2.47. The number of carboxylic acid groups (broad SMARTS) is 1. The third-order valence-electron chi connectivity index (χ3n) is 3.59. The third-order valence-corrected chi connectivity index (χ3v) is 3.59. The van der Waals surface area contributed by atoms with Crippen LogP contribution in [0, 0.1) is 12.8 Å². The first kappa shape index (κ1) is 13.5. The number of aromatic nitrogens is 1. The Morgan fingerprint density at radius 2 is 2.26 bits per heavy atom. The summed E-state index contributed by atoms with van der Waals surface area (Å²) >= 11 is 0. The second-order valence-electron chi connectivity index (χ2n) is 5.06. The molecule has 0 aliphatic heterocycles. The fourth-order valence-corrected chi connectivity index (χ4v) is 2.47. The molecule has 1 aromatic heterocycles. The molecule has 1 aliphatic carbocycles. The van der Waals surface area contributed by atoms with Gasteiger partial charge in [0.2, 0.25) is 5.91 Å². The summed E-state index contributed by atoms with van der Waals surface area (Å²) in [6.45, 7) is 1.92. The number of hydrogen-bond acceptors (Lipinski definition) is 3. The summed E-state index contributed by atoms with van der Waals surface area (Å²) in [6.07, 6.45) is 3.83. The maximum atomic E-state index is 11.9. The summed E-state index contributed by atoms with van der Waals surface area (Å²) in [4.78, 5) is 26.9. The highest BCUT2D eigenvalue weighted by atomic mass is 16.4. The zero-order valence-corrected chi connectivity index (χ0v) is 10.9. The van der Waals surface area contributed by atoms with Crippen molar-refractivity contribution in [3.05, 3.63) is 29.6 Å². The smallest absolute Gasteiger partial charge is 0.306 e. The first-order valence-corrected chi connectivity index (χ1v) is 6.49. The molecule has 1 fully saturated rings. The van der Waals surface area contributed by atoms with Gasteiger partial charge in [-0.3, -0.25) is 14.6 Å². The van der Waals surface area contributed by atoms with Crippen LogP contribution in [0.25, 0.3) is 0 Å². The summed E-state index contributed by atoms with van der Waals surface area (Å²) in [7, 11) is 0. The van der Waals surface area contributed by atoms with Crippen molar-refractivity contribution in [1.29, 1.82) is 0 Å². The van der Waals surface area contributed by atoms with Crippen molar-refractivity contribution in [3.63, 3.8) is 0 Å². The highest BCUT2D eigenvalue weighted by Gasteiger charge is 2.30. The molecule has 5 heteroatoms. The van der Waals surface area contributed by atoms with E-state index in [1.54, 1.807) is 6.20 Å². The quantitative estimate of drug-likeness (QED) is 0.857. The van der Waals surface area contributed by atoms with Gasteiger partial charge in [0.15, 0.2) is 0 Å². The van der Waals surface area contributed by atoms with Gasteiger partial charge in [-0.25, -0.2) is 0 Å². The molecule has 1 amide bonds. The van der Waals surface area contributed by atoms with Crippen molar-refractivity contribution in [2.45, 2.75) is 38.6 Å². The number of pyridine rings is 1. The maximum Gasteiger partial charge on any atom is 0.306 e. The van der Waals surface area contributed by atoms with Gasteiger partial charge in [0.25, 0.3) is 0 Å². The second-order valence-corrected chi connectivity index (χ2v) is 5.06. The van der Waals surface area contributed by atoms with Gasteiger partial charge in [-0.1, -0.05) is 6.07 Å². The molecule has 1 saturated carbocycles. The lowest BCUT2D eigenvalue weighted by Gasteiger charge is -2.12. The molecular formula is C14H18N2O3. The topological polar surface area (TPSA) is 79.3 Å². The van der Waals surface area contributed by atoms with Gasteiger partial charge >= 0.3 is 5.97 Å². The molecule has 102 valence electrons. The molecule has 1 aliphatic rings. The zero-order chi connectivity index (χ0) is 13.8. The number of aliphatic carboxylic acids is 1. The van der Waals surface area contributed by atoms with E-state index in [2.05, 4.69) is 10.3 Å². The summed E-state index contributed by atoms with van der Waals surface area (Å²) in [6, 6.07) is 3.74. The van der Waals surface area contributed by atoms with Crippen LogP contribution in [0.4, 0.5) is 0 Å². The van der Waals surface area contributed by atoms with Gasteiger partial charge in [0.05, 0.1) is 18.0 Å². The summed E-state index contributed by atoms with van der Waals surface area (Å²) in [5, 5.41) is 11.8. The standard InChI is InChI=1S/C14H18N2O3/c1-9-3-2-6-15-12(9)8-13(17)16-11-5-4-10(7-11)14(18)19/h2-3,6,10-11H,4-5,7-8H2,1H3,(H,16,17)(H,18,19)/t10-,11+/m1/s1. The zero-order valence-electron chi connectivity index (χ0n) is 10.9. The number of aryl methyl sites for hydroxylation is 1. The molecule has 2 atom stereocenters. The predicted molar refractivity (Wildman–Crippen MR) is 69.6 cm³/mol. The Kier molecular flexibility index (Phi) is 4.14. The normalized spacial score (nSPS) is 22.2. The van der Waals surface area contributed by atoms with E-state index in [1.165, 1.54) is 0 Å². The number of rotatable bonds is 4. The van der Waals surface area contributed by atoms with E-state index in [0.717, 1.165) is 17.7 Å². The molecule has 2 N–H and O–H groups in total. The van der Waals surface area contributed by atoms with Gasteiger partial charge in [-0.15, -0.1) is 0 Å². The average molecular weight is 262 g/mol. The lowest BCUT2D eigenvalue weighted by atomic mass is 10.1. The molecule has 0 spiro atoms. The molecule has 0 aromatic carbocycles. The Hall–Kier alpha value is -1.91. The van der Waals surface area contributed by atoms with Crippen LogP contribution in [0.1, 0.15) is 30.5 Å². The lowest BCUT2D eigenvalue weighted by Crippen LogP contribution is -2.34. The highest BCUT2D eigenvalue weighted by Crippen LogP contribution is 2.25. The Morgan fingerprint density at radius 1 is 1.47 bits per heavy atom. The minimum Gasteiger partial charge on any atom is -0.481 e. The first-order chi connectivity index (χ1) is 9.06. The van der Waals surface area contributed by atoms with Crippen LogP contribution in [0.2, 0.25) is 0 Å². The van der Waals surface area contributed by atoms with E-state index < -0.39 is 5.97 Å². The van der Waals surface area contributed by atoms with E-state index in [4.69, 9.17) is 5.11 Å². The summed E-state index contributed by atoms with van der Waals surface area (Å²) < 4.78 is 0. The average Bonchev–Trinajstić information content (AvgIpc) is 2.80. The minimum absolute atomic E-state index is 0.0161. The van der Waals surface area contributed by atoms with Crippen LogP contribution in [0.5, 0.6) is 0 Å². The largest absolute Gasteiger partial charge is 0.481 e. The number of hydrogen-bond donors (Lipinski definition) is 2.